The van der Waals surface area contributed by atoms with Gasteiger partial charge in [-0.2, -0.15) is 5.10 Å². The highest BCUT2D eigenvalue weighted by Crippen LogP contribution is 2.34. The van der Waals surface area contributed by atoms with E-state index in [1.807, 2.05) is 38.1 Å². The first-order valence-electron chi connectivity index (χ1n) is 10.3. The topological polar surface area (TPSA) is 76.1 Å². The number of nitrogens with one attached hydrogen (secondary N) is 1. The van der Waals surface area contributed by atoms with Crippen molar-refractivity contribution in [1.82, 2.24) is 15.3 Å². The molecule has 0 atom stereocenters. The van der Waals surface area contributed by atoms with Crippen LogP contribution in [0.15, 0.2) is 41.5 Å². The van der Waals surface area contributed by atoms with Gasteiger partial charge in [0.2, 0.25) is 0 Å². The molecular weight excluding hydrogens is 424 g/mol. The summed E-state index contributed by atoms with van der Waals surface area (Å²) < 4.78 is 11.0. The van der Waals surface area contributed by atoms with E-state index in [0.29, 0.717) is 30.2 Å². The van der Waals surface area contributed by atoms with Crippen LogP contribution < -0.4 is 14.8 Å². The van der Waals surface area contributed by atoms with E-state index in [2.05, 4.69) is 22.4 Å². The van der Waals surface area contributed by atoms with Crippen LogP contribution in [-0.4, -0.2) is 49.5 Å². The zero-order chi connectivity index (χ0) is 22.8. The summed E-state index contributed by atoms with van der Waals surface area (Å²) in [6, 6.07) is 11.9. The van der Waals surface area contributed by atoms with Gasteiger partial charge in [-0.3, -0.25) is 0 Å². The largest absolute Gasteiger partial charge is 0.493 e. The molecule has 0 fully saturated rings. The van der Waals surface area contributed by atoms with Crippen molar-refractivity contribution in [2.24, 2.45) is 5.10 Å². The van der Waals surface area contributed by atoms with Gasteiger partial charge in [0.25, 0.3) is 0 Å². The van der Waals surface area contributed by atoms with Crippen LogP contribution in [0.2, 0.25) is 0 Å². The Balaban J connectivity index is 1.83. The summed E-state index contributed by atoms with van der Waals surface area (Å²) in [6.07, 6.45) is 0.646. The highest BCUT2D eigenvalue weighted by Gasteiger charge is 2.24. The average molecular weight is 451 g/mol. The minimum atomic E-state index is -0.249. The van der Waals surface area contributed by atoms with Gasteiger partial charge in [0.1, 0.15) is 0 Å². The highest BCUT2D eigenvalue weighted by molar-refractivity contribution is 7.15. The predicted molar refractivity (Wildman–Crippen MR) is 127 cm³/mol. The fourth-order valence-electron chi connectivity index (χ4n) is 3.87. The van der Waals surface area contributed by atoms with Crippen LogP contribution >= 0.6 is 11.3 Å². The van der Waals surface area contributed by atoms with E-state index in [1.54, 1.807) is 32.6 Å². The second-order valence-corrected chi connectivity index (χ2v) is 8.67. The first kappa shape index (κ1) is 21.8. The van der Waals surface area contributed by atoms with Crippen LogP contribution in [0.1, 0.15) is 27.4 Å². The van der Waals surface area contributed by atoms with Gasteiger partial charge in [-0.15, -0.1) is 11.3 Å². The number of fused-ring (bicyclic) bond motifs is 1. The Hall–Kier alpha value is -3.39. The van der Waals surface area contributed by atoms with Gasteiger partial charge in [-0.1, -0.05) is 24.3 Å². The maximum absolute atomic E-state index is 12.4. The Kier molecular flexibility index (Phi) is 6.14. The van der Waals surface area contributed by atoms with Crippen molar-refractivity contribution < 1.29 is 14.3 Å². The molecule has 0 spiro atoms. The number of carbonyl (C=O) groups excluding carboxylic acids is 1. The van der Waals surface area contributed by atoms with Crippen LogP contribution in [-0.2, 0) is 6.42 Å². The van der Waals surface area contributed by atoms with E-state index < -0.39 is 0 Å². The van der Waals surface area contributed by atoms with Gasteiger partial charge >= 0.3 is 6.03 Å². The summed E-state index contributed by atoms with van der Waals surface area (Å²) in [7, 11) is 4.84. The second-order valence-electron chi connectivity index (χ2n) is 7.47. The van der Waals surface area contributed by atoms with Crippen LogP contribution in [0.5, 0.6) is 11.5 Å². The lowest BCUT2D eigenvalue weighted by molar-refractivity contribution is 0.203. The SMILES string of the molecule is CNC(=O)N1CCc2cc(OC)c(OC)cc2C(c2ccc(-c3sc(C)nc3C)cc2)=N1. The number of methoxy groups -OCH3 is 2. The summed E-state index contributed by atoms with van der Waals surface area (Å²) in [4.78, 5) is 18.1. The number of ether oxygens (including phenoxy) is 2. The number of carbonyl (C=O) groups is 1. The number of aryl methyl sites for hydroxylation is 2. The van der Waals surface area contributed by atoms with Gasteiger partial charge in [0.05, 0.1) is 42.1 Å². The third-order valence-corrected chi connectivity index (χ3v) is 6.57. The Morgan fingerprint density at radius 1 is 1.06 bits per heavy atom. The monoisotopic (exact) mass is 450 g/mol. The van der Waals surface area contributed by atoms with Crippen LogP contribution in [0, 0.1) is 13.8 Å². The molecule has 2 amide bonds. The van der Waals surface area contributed by atoms with Crippen molar-refractivity contribution in [3.63, 3.8) is 0 Å². The highest BCUT2D eigenvalue weighted by atomic mass is 32.1. The molecule has 0 saturated carbocycles. The molecule has 1 N–H and O–H groups in total. The van der Waals surface area contributed by atoms with Gasteiger partial charge in [-0.25, -0.2) is 14.8 Å². The first-order valence-corrected chi connectivity index (χ1v) is 11.1. The lowest BCUT2D eigenvalue weighted by atomic mass is 9.94. The zero-order valence-electron chi connectivity index (χ0n) is 18.9. The summed E-state index contributed by atoms with van der Waals surface area (Å²) >= 11 is 1.68. The molecule has 1 aliphatic heterocycles. The van der Waals surface area contributed by atoms with Crippen molar-refractivity contribution in [3.05, 3.63) is 63.8 Å². The van der Waals surface area contributed by atoms with Crippen LogP contribution in [0.3, 0.4) is 0 Å². The molecule has 0 bridgehead atoms. The number of nitrogens with zero attached hydrogens (tertiary/aromatic N) is 3. The first-order chi connectivity index (χ1) is 15.4. The second kappa shape index (κ2) is 9.00. The molecule has 4 rings (SSSR count). The van der Waals surface area contributed by atoms with E-state index >= 15 is 0 Å². The van der Waals surface area contributed by atoms with Crippen molar-refractivity contribution in [2.75, 3.05) is 27.8 Å². The van der Waals surface area contributed by atoms with E-state index in [-0.39, 0.29) is 6.03 Å². The number of hydrogen-bond acceptors (Lipinski definition) is 6. The number of hydrazone groups is 1. The molecule has 8 heteroatoms. The van der Waals surface area contributed by atoms with E-state index in [4.69, 9.17) is 14.6 Å². The maximum atomic E-state index is 12.4. The lowest BCUT2D eigenvalue weighted by Crippen LogP contribution is -2.35. The van der Waals surface area contributed by atoms with Crippen molar-refractivity contribution in [2.45, 2.75) is 20.3 Å². The standard InChI is InChI=1S/C24H26N4O3S/c1-14-23(32-15(2)26-14)17-8-6-16(7-9-17)22-19-13-21(31-5)20(30-4)12-18(19)10-11-28(27-22)24(29)25-3/h6-9,12-13H,10-11H2,1-5H3,(H,25,29). The summed E-state index contributed by atoms with van der Waals surface area (Å²) in [6.45, 7) is 4.50. The quantitative estimate of drug-likeness (QED) is 0.640. The third-order valence-electron chi connectivity index (χ3n) is 5.45. The Morgan fingerprint density at radius 2 is 1.72 bits per heavy atom. The number of urea groups is 1. The van der Waals surface area contributed by atoms with E-state index in [0.717, 1.165) is 37.8 Å². The lowest BCUT2D eigenvalue weighted by Gasteiger charge is -2.16. The molecule has 32 heavy (non-hydrogen) atoms. The summed E-state index contributed by atoms with van der Waals surface area (Å²) in [5.74, 6) is 1.28. The number of hydrogen-bond donors (Lipinski definition) is 1. The van der Waals surface area contributed by atoms with E-state index in [9.17, 15) is 4.79 Å². The van der Waals surface area contributed by atoms with Crippen LogP contribution in [0.4, 0.5) is 4.79 Å². The normalized spacial score (nSPS) is 13.2. The predicted octanol–water partition coefficient (Wildman–Crippen LogP) is 4.39. The number of amides is 2. The molecule has 3 aromatic rings. The minimum Gasteiger partial charge on any atom is -0.493 e. The third kappa shape index (κ3) is 4.05. The number of rotatable bonds is 4. The fraction of sp³-hybridized carbons (Fsp3) is 0.292. The Morgan fingerprint density at radius 3 is 2.31 bits per heavy atom. The van der Waals surface area contributed by atoms with Crippen molar-refractivity contribution in [1.29, 1.82) is 0 Å². The maximum Gasteiger partial charge on any atom is 0.337 e. The molecule has 2 aromatic carbocycles. The molecule has 166 valence electrons. The molecule has 0 aliphatic carbocycles. The Bertz CT molecular complexity index is 1180. The summed E-state index contributed by atoms with van der Waals surface area (Å²) in [5, 5.41) is 9.93. The number of benzene rings is 2. The van der Waals surface area contributed by atoms with Gasteiger partial charge in [0, 0.05) is 18.2 Å². The smallest absolute Gasteiger partial charge is 0.337 e. The molecule has 2 heterocycles. The molecule has 1 aliphatic rings. The zero-order valence-corrected chi connectivity index (χ0v) is 19.7. The average Bonchev–Trinajstić information content (AvgIpc) is 3.04. The van der Waals surface area contributed by atoms with E-state index in [1.165, 1.54) is 5.01 Å². The van der Waals surface area contributed by atoms with Crippen molar-refractivity contribution >= 4 is 23.1 Å². The molecule has 7 nitrogen and oxygen atoms in total. The molecule has 0 radical (unpaired) electrons. The number of aromatic nitrogens is 1. The minimum absolute atomic E-state index is 0.249. The van der Waals surface area contributed by atoms with Crippen molar-refractivity contribution in [3.8, 4) is 21.9 Å². The molecule has 0 unspecified atom stereocenters. The van der Waals surface area contributed by atoms with Gasteiger partial charge in [-0.05, 0) is 43.5 Å². The van der Waals surface area contributed by atoms with Gasteiger partial charge < -0.3 is 14.8 Å². The molecule has 1 aromatic heterocycles. The number of thiazole rings is 1. The fourth-order valence-corrected chi connectivity index (χ4v) is 4.79. The molecule has 0 saturated heterocycles. The summed E-state index contributed by atoms with van der Waals surface area (Å²) in [5.41, 5.74) is 5.74. The van der Waals surface area contributed by atoms with Gasteiger partial charge in [0.15, 0.2) is 11.5 Å². The van der Waals surface area contributed by atoms with Crippen LogP contribution in [0.25, 0.3) is 10.4 Å². The Labute approximate surface area is 191 Å². The molecular formula is C24H26N4O3S.